The van der Waals surface area contributed by atoms with Crippen molar-refractivity contribution in [3.05, 3.63) is 51.9 Å². The summed E-state index contributed by atoms with van der Waals surface area (Å²) in [6, 6.07) is 7.66. The Kier molecular flexibility index (Phi) is 3.96. The molecule has 2 heterocycles. The van der Waals surface area contributed by atoms with Gasteiger partial charge in [0.1, 0.15) is 0 Å². The first-order valence-corrected chi connectivity index (χ1v) is 7.72. The minimum atomic E-state index is -0.0924. The summed E-state index contributed by atoms with van der Waals surface area (Å²) in [4.78, 5) is 21.6. The number of benzene rings is 1. The van der Waals surface area contributed by atoms with E-state index in [1.54, 1.807) is 15.9 Å². The molecule has 5 nitrogen and oxygen atoms in total. The highest BCUT2D eigenvalue weighted by Gasteiger charge is 2.07. The molecule has 3 aromatic rings. The Balaban J connectivity index is 1.92. The lowest BCUT2D eigenvalue weighted by molar-refractivity contribution is 0.796. The van der Waals surface area contributed by atoms with Crippen molar-refractivity contribution in [2.45, 2.75) is 19.9 Å². The predicted molar refractivity (Wildman–Crippen MR) is 86.0 cm³/mol. The third-order valence-electron chi connectivity index (χ3n) is 3.15. The average molecular weight is 300 g/mol. The summed E-state index contributed by atoms with van der Waals surface area (Å²) in [5, 5.41) is 4.16. The van der Waals surface area contributed by atoms with E-state index in [0.29, 0.717) is 6.54 Å². The Hall–Kier alpha value is -2.21. The van der Waals surface area contributed by atoms with Crippen LogP contribution in [0.5, 0.6) is 0 Å². The third-order valence-corrected chi connectivity index (χ3v) is 4.09. The number of rotatable bonds is 5. The lowest BCUT2D eigenvalue weighted by atomic mass is 10.3. The highest BCUT2D eigenvalue weighted by atomic mass is 32.1. The molecule has 3 rings (SSSR count). The van der Waals surface area contributed by atoms with Crippen LogP contribution in [0.15, 0.2) is 41.5 Å². The van der Waals surface area contributed by atoms with Crippen molar-refractivity contribution < 1.29 is 0 Å². The van der Waals surface area contributed by atoms with E-state index in [1.807, 2.05) is 30.5 Å². The minimum absolute atomic E-state index is 0.0924. The van der Waals surface area contributed by atoms with Crippen LogP contribution in [0.3, 0.4) is 0 Å². The normalized spacial score (nSPS) is 10.9. The zero-order valence-electron chi connectivity index (χ0n) is 11.7. The third kappa shape index (κ3) is 2.95. The monoisotopic (exact) mass is 300 g/mol. The molecule has 1 aromatic carbocycles. The van der Waals surface area contributed by atoms with Gasteiger partial charge in [-0.2, -0.15) is 0 Å². The molecule has 0 aliphatic carbocycles. The van der Waals surface area contributed by atoms with Gasteiger partial charge in [0.15, 0.2) is 5.13 Å². The Bertz CT molecular complexity index is 809. The Morgan fingerprint density at radius 3 is 2.95 bits per heavy atom. The molecule has 2 aromatic heterocycles. The molecule has 0 saturated carbocycles. The van der Waals surface area contributed by atoms with Gasteiger partial charge in [0.25, 0.3) is 5.56 Å². The number of thiazole rings is 1. The fourth-order valence-electron chi connectivity index (χ4n) is 2.13. The van der Waals surface area contributed by atoms with Gasteiger partial charge in [-0.15, -0.1) is 11.3 Å². The maximum Gasteiger partial charge on any atom is 0.269 e. The van der Waals surface area contributed by atoms with Gasteiger partial charge in [-0.25, -0.2) is 9.97 Å². The van der Waals surface area contributed by atoms with Gasteiger partial charge in [0, 0.05) is 17.6 Å². The topological polar surface area (TPSA) is 59.8 Å². The summed E-state index contributed by atoms with van der Waals surface area (Å²) in [6.07, 6.45) is 4.26. The van der Waals surface area contributed by atoms with Crippen molar-refractivity contribution >= 4 is 27.5 Å². The van der Waals surface area contributed by atoms with Crippen LogP contribution in [0, 0.1) is 0 Å². The van der Waals surface area contributed by atoms with E-state index < -0.39 is 0 Å². The van der Waals surface area contributed by atoms with E-state index >= 15 is 0 Å². The average Bonchev–Trinajstić information content (AvgIpc) is 2.96. The minimum Gasteiger partial charge on any atom is -0.362 e. The van der Waals surface area contributed by atoms with E-state index in [0.717, 1.165) is 34.0 Å². The van der Waals surface area contributed by atoms with Gasteiger partial charge < -0.3 is 9.88 Å². The molecule has 0 atom stereocenters. The summed E-state index contributed by atoms with van der Waals surface area (Å²) in [7, 11) is 0. The highest BCUT2D eigenvalue weighted by molar-refractivity contribution is 7.15. The van der Waals surface area contributed by atoms with Crippen LogP contribution in [0.25, 0.3) is 11.0 Å². The molecule has 0 amide bonds. The smallest absolute Gasteiger partial charge is 0.269 e. The molecule has 108 valence electrons. The SMILES string of the molecule is CCCNc1ncc(Cn2c(=O)cnc3ccccc32)s1. The number of anilines is 1. The Morgan fingerprint density at radius 1 is 1.24 bits per heavy atom. The maximum absolute atomic E-state index is 12.1. The van der Waals surface area contributed by atoms with Crippen LogP contribution in [0.1, 0.15) is 18.2 Å². The van der Waals surface area contributed by atoms with Crippen LogP contribution >= 0.6 is 11.3 Å². The van der Waals surface area contributed by atoms with Gasteiger partial charge >= 0.3 is 0 Å². The molecule has 0 saturated heterocycles. The number of para-hydroxylation sites is 2. The molecule has 0 aliphatic heterocycles. The maximum atomic E-state index is 12.1. The van der Waals surface area contributed by atoms with Gasteiger partial charge in [-0.3, -0.25) is 4.79 Å². The summed E-state index contributed by atoms with van der Waals surface area (Å²) < 4.78 is 1.74. The lowest BCUT2D eigenvalue weighted by Gasteiger charge is -2.07. The number of nitrogens with zero attached hydrogens (tertiary/aromatic N) is 3. The summed E-state index contributed by atoms with van der Waals surface area (Å²) in [5.41, 5.74) is 1.58. The summed E-state index contributed by atoms with van der Waals surface area (Å²) >= 11 is 1.58. The lowest BCUT2D eigenvalue weighted by Crippen LogP contribution is -2.20. The second-order valence-electron chi connectivity index (χ2n) is 4.73. The van der Waals surface area contributed by atoms with E-state index in [-0.39, 0.29) is 5.56 Å². The quantitative estimate of drug-likeness (QED) is 0.787. The van der Waals surface area contributed by atoms with Crippen LogP contribution in [-0.2, 0) is 6.54 Å². The first-order chi connectivity index (χ1) is 10.3. The molecular weight excluding hydrogens is 284 g/mol. The van der Waals surface area contributed by atoms with Crippen molar-refractivity contribution in [2.75, 3.05) is 11.9 Å². The number of hydrogen-bond acceptors (Lipinski definition) is 5. The van der Waals surface area contributed by atoms with Gasteiger partial charge in [0.05, 0.1) is 23.8 Å². The molecular formula is C15H16N4OS. The standard InChI is InChI=1S/C15H16N4OS/c1-2-7-16-15-18-8-11(21-15)10-19-13-6-4-3-5-12(13)17-9-14(19)20/h3-6,8-9H,2,7,10H2,1H3,(H,16,18). The van der Waals surface area contributed by atoms with Crippen molar-refractivity contribution in [1.82, 2.24) is 14.5 Å². The summed E-state index contributed by atoms with van der Waals surface area (Å²) in [6.45, 7) is 3.54. The molecule has 1 N–H and O–H groups in total. The zero-order chi connectivity index (χ0) is 14.7. The van der Waals surface area contributed by atoms with Crippen LogP contribution < -0.4 is 10.9 Å². The number of aromatic nitrogens is 3. The van der Waals surface area contributed by atoms with Crippen LogP contribution in [0.2, 0.25) is 0 Å². The zero-order valence-corrected chi connectivity index (χ0v) is 12.6. The van der Waals surface area contributed by atoms with Gasteiger partial charge in [-0.1, -0.05) is 19.1 Å². The molecule has 0 fully saturated rings. The van der Waals surface area contributed by atoms with Crippen molar-refractivity contribution in [1.29, 1.82) is 0 Å². The van der Waals surface area contributed by atoms with E-state index in [4.69, 9.17) is 0 Å². The van der Waals surface area contributed by atoms with Gasteiger partial charge in [-0.05, 0) is 18.6 Å². The molecule has 0 aliphatic rings. The number of hydrogen-bond donors (Lipinski definition) is 1. The predicted octanol–water partition coefficient (Wildman–Crippen LogP) is 2.72. The molecule has 0 radical (unpaired) electrons. The van der Waals surface area contributed by atoms with E-state index in [9.17, 15) is 4.79 Å². The van der Waals surface area contributed by atoms with E-state index in [1.165, 1.54) is 6.20 Å². The highest BCUT2D eigenvalue weighted by Crippen LogP contribution is 2.20. The first-order valence-electron chi connectivity index (χ1n) is 6.91. The molecule has 0 spiro atoms. The Labute approximate surface area is 126 Å². The van der Waals surface area contributed by atoms with Crippen LogP contribution in [-0.4, -0.2) is 21.1 Å². The Morgan fingerprint density at radius 2 is 2.10 bits per heavy atom. The van der Waals surface area contributed by atoms with Gasteiger partial charge in [0.2, 0.25) is 0 Å². The van der Waals surface area contributed by atoms with Crippen LogP contribution in [0.4, 0.5) is 5.13 Å². The number of fused-ring (bicyclic) bond motifs is 1. The first kappa shape index (κ1) is 13.8. The van der Waals surface area contributed by atoms with Crippen molar-refractivity contribution in [2.24, 2.45) is 0 Å². The molecule has 21 heavy (non-hydrogen) atoms. The second kappa shape index (κ2) is 6.05. The molecule has 6 heteroatoms. The van der Waals surface area contributed by atoms with E-state index in [2.05, 4.69) is 22.2 Å². The van der Waals surface area contributed by atoms with Crippen molar-refractivity contribution in [3.63, 3.8) is 0 Å². The molecule has 0 unspecified atom stereocenters. The second-order valence-corrected chi connectivity index (χ2v) is 5.84. The fraction of sp³-hybridized carbons (Fsp3) is 0.267. The fourth-order valence-corrected chi connectivity index (χ4v) is 2.95. The molecule has 0 bridgehead atoms. The largest absolute Gasteiger partial charge is 0.362 e. The van der Waals surface area contributed by atoms with Crippen molar-refractivity contribution in [3.8, 4) is 0 Å². The summed E-state index contributed by atoms with van der Waals surface area (Å²) in [5.74, 6) is 0. The number of nitrogens with one attached hydrogen (secondary N) is 1.